The Hall–Kier alpha value is -0.710. The Morgan fingerprint density at radius 1 is 1.27 bits per heavy atom. The summed E-state index contributed by atoms with van der Waals surface area (Å²) in [4.78, 5) is 1.74. The van der Waals surface area contributed by atoms with Crippen LogP contribution in [0.2, 0.25) is 0 Å². The molecule has 0 spiro atoms. The predicted molar refractivity (Wildman–Crippen MR) is 96.0 cm³/mol. The number of hydrogen-bond acceptors (Lipinski definition) is 2. The molecule has 1 N–H and O–H groups in total. The van der Waals surface area contributed by atoms with Gasteiger partial charge in [-0.3, -0.25) is 4.57 Å². The molecule has 22 heavy (non-hydrogen) atoms. The normalized spacial score (nSPS) is 33.4. The van der Waals surface area contributed by atoms with Crippen LogP contribution in [0.1, 0.15) is 40.0 Å². The van der Waals surface area contributed by atoms with Crippen LogP contribution in [0.5, 0.6) is 0 Å². The highest BCUT2D eigenvalue weighted by atomic mass is 32.1. The van der Waals surface area contributed by atoms with Crippen LogP contribution in [-0.4, -0.2) is 17.2 Å². The second-order valence-electron chi connectivity index (χ2n) is 8.51. The fraction of sp³-hybridized carbons (Fsp3) is 0.611. The Morgan fingerprint density at radius 2 is 2.05 bits per heavy atom. The van der Waals surface area contributed by atoms with Crippen LogP contribution in [0.25, 0.3) is 10.2 Å². The van der Waals surface area contributed by atoms with Crippen molar-refractivity contribution in [3.63, 3.8) is 0 Å². The van der Waals surface area contributed by atoms with Crippen LogP contribution in [0.15, 0.2) is 24.3 Å². The van der Waals surface area contributed by atoms with Crippen molar-refractivity contribution in [1.82, 2.24) is 4.57 Å². The zero-order valence-electron chi connectivity index (χ0n) is 13.7. The summed E-state index contributed by atoms with van der Waals surface area (Å²) in [6, 6.07) is 9.44. The Kier molecular flexibility index (Phi) is 3.30. The number of thiazole rings is 1. The number of benzene rings is 1. The van der Waals surface area contributed by atoms with Crippen LogP contribution in [-0.2, 0) is 6.67 Å². The number of nitrogens with one attached hydrogen (secondary N) is 1. The van der Waals surface area contributed by atoms with E-state index in [4.69, 9.17) is 12.2 Å². The molecule has 1 aliphatic heterocycles. The van der Waals surface area contributed by atoms with Crippen molar-refractivity contribution in [3.05, 3.63) is 28.2 Å². The number of rotatable bonds is 2. The summed E-state index contributed by atoms with van der Waals surface area (Å²) < 4.78 is 4.72. The van der Waals surface area contributed by atoms with Crippen molar-refractivity contribution in [2.24, 2.45) is 10.8 Å². The number of fused-ring (bicyclic) bond motifs is 3. The highest BCUT2D eigenvalue weighted by molar-refractivity contribution is 7.73. The van der Waals surface area contributed by atoms with Crippen LogP contribution in [0, 0.1) is 14.8 Å². The van der Waals surface area contributed by atoms with Crippen LogP contribution in [0.3, 0.4) is 0 Å². The summed E-state index contributed by atoms with van der Waals surface area (Å²) in [5.74, 6) is 0. The lowest BCUT2D eigenvalue weighted by Crippen LogP contribution is -3.13. The van der Waals surface area contributed by atoms with Crippen molar-refractivity contribution in [2.45, 2.75) is 52.7 Å². The number of likely N-dealkylation sites (tertiary alicyclic amines) is 1. The van der Waals surface area contributed by atoms with E-state index in [2.05, 4.69) is 49.6 Å². The minimum absolute atomic E-state index is 0.498. The minimum atomic E-state index is 0.498. The molecule has 2 bridgehead atoms. The molecule has 3 atom stereocenters. The van der Waals surface area contributed by atoms with Gasteiger partial charge >= 0.3 is 0 Å². The van der Waals surface area contributed by atoms with Gasteiger partial charge in [-0.25, -0.2) is 0 Å². The number of hydrogen-bond donors (Lipinski definition) is 1. The van der Waals surface area contributed by atoms with E-state index in [1.54, 1.807) is 16.2 Å². The third-order valence-corrected chi connectivity index (χ3v) is 7.04. The topological polar surface area (TPSA) is 9.37 Å². The molecule has 1 saturated heterocycles. The van der Waals surface area contributed by atoms with E-state index >= 15 is 0 Å². The molecule has 2 fully saturated rings. The van der Waals surface area contributed by atoms with Gasteiger partial charge in [-0.05, 0) is 36.2 Å². The average molecular weight is 334 g/mol. The molecule has 4 heteroatoms. The van der Waals surface area contributed by atoms with Crippen molar-refractivity contribution in [1.29, 1.82) is 0 Å². The first kappa shape index (κ1) is 14.9. The third kappa shape index (κ3) is 2.45. The van der Waals surface area contributed by atoms with Gasteiger partial charge in [0.25, 0.3) is 0 Å². The van der Waals surface area contributed by atoms with Crippen LogP contribution >= 0.6 is 23.6 Å². The molecule has 2 aliphatic rings. The molecule has 4 rings (SSSR count). The van der Waals surface area contributed by atoms with E-state index in [0.29, 0.717) is 10.8 Å². The first-order chi connectivity index (χ1) is 10.4. The van der Waals surface area contributed by atoms with Gasteiger partial charge in [-0.1, -0.05) is 32.9 Å². The smallest absolute Gasteiger partial charge is 0.166 e. The van der Waals surface area contributed by atoms with E-state index in [1.165, 1.54) is 36.0 Å². The molecule has 2 nitrogen and oxygen atoms in total. The number of nitrogens with zero attached hydrogens (tertiary/aromatic N) is 1. The summed E-state index contributed by atoms with van der Waals surface area (Å²) in [5.41, 5.74) is 2.34. The standard InChI is InChI=1S/C18H24N2S2/c1-17(2)8-13-9-18(3,10-17)11-19(13)12-20-14-6-4-5-7-15(14)22-16(20)21/h4-7,13H,8-12H2,1-3H3/p+1/t13-,18-/m1/s1. The molecule has 2 aromatic rings. The zero-order valence-corrected chi connectivity index (χ0v) is 15.3. The summed E-state index contributed by atoms with van der Waals surface area (Å²) in [5, 5.41) is 0. The van der Waals surface area contributed by atoms with Gasteiger partial charge in [-0.2, -0.15) is 0 Å². The second kappa shape index (κ2) is 4.89. The molecule has 1 aliphatic carbocycles. The van der Waals surface area contributed by atoms with Crippen molar-refractivity contribution in [3.8, 4) is 0 Å². The maximum absolute atomic E-state index is 5.65. The maximum atomic E-state index is 5.65. The van der Waals surface area contributed by atoms with E-state index in [1.807, 2.05) is 0 Å². The number of aromatic nitrogens is 1. The van der Waals surface area contributed by atoms with E-state index in [-0.39, 0.29) is 0 Å². The predicted octanol–water partition coefficient (Wildman–Crippen LogP) is 3.87. The molecule has 0 radical (unpaired) electrons. The van der Waals surface area contributed by atoms with Gasteiger partial charge in [0.2, 0.25) is 0 Å². The summed E-state index contributed by atoms with van der Waals surface area (Å²) in [6.45, 7) is 9.74. The molecule has 1 aromatic heterocycles. The van der Waals surface area contributed by atoms with Gasteiger partial charge in [0.1, 0.15) is 0 Å². The Bertz CT molecular complexity index is 773. The lowest BCUT2D eigenvalue weighted by molar-refractivity contribution is -0.936. The second-order valence-corrected chi connectivity index (χ2v) is 10.2. The molecular formula is C18H25N2S2+. The summed E-state index contributed by atoms with van der Waals surface area (Å²) in [6.07, 6.45) is 4.12. The van der Waals surface area contributed by atoms with Gasteiger partial charge in [0, 0.05) is 18.3 Å². The number of para-hydroxylation sites is 1. The maximum Gasteiger partial charge on any atom is 0.166 e. The fourth-order valence-corrected chi connectivity index (χ4v) is 6.62. The van der Waals surface area contributed by atoms with Crippen molar-refractivity contribution < 1.29 is 4.90 Å². The summed E-state index contributed by atoms with van der Waals surface area (Å²) in [7, 11) is 0. The monoisotopic (exact) mass is 333 g/mol. The Labute approximate surface area is 141 Å². The average Bonchev–Trinajstić information content (AvgIpc) is 2.84. The molecule has 118 valence electrons. The molecule has 1 aromatic carbocycles. The van der Waals surface area contributed by atoms with Crippen LogP contribution in [0.4, 0.5) is 0 Å². The lowest BCUT2D eigenvalue weighted by atomic mass is 9.65. The highest BCUT2D eigenvalue weighted by Gasteiger charge is 2.52. The Morgan fingerprint density at radius 3 is 2.86 bits per heavy atom. The van der Waals surface area contributed by atoms with Gasteiger partial charge in [0.05, 0.1) is 22.8 Å². The summed E-state index contributed by atoms with van der Waals surface area (Å²) >= 11 is 7.40. The van der Waals surface area contributed by atoms with Gasteiger partial charge < -0.3 is 4.90 Å². The zero-order chi connectivity index (χ0) is 15.5. The Balaban J connectivity index is 1.67. The van der Waals surface area contributed by atoms with Gasteiger partial charge in [0.15, 0.2) is 10.6 Å². The number of quaternary nitrogens is 1. The lowest BCUT2D eigenvalue weighted by Gasteiger charge is -2.37. The molecular weight excluding hydrogens is 308 g/mol. The minimum Gasteiger partial charge on any atom is -0.315 e. The van der Waals surface area contributed by atoms with Crippen molar-refractivity contribution in [2.75, 3.05) is 6.54 Å². The highest BCUT2D eigenvalue weighted by Crippen LogP contribution is 2.47. The van der Waals surface area contributed by atoms with Gasteiger partial charge in [-0.15, -0.1) is 11.3 Å². The molecule has 2 heterocycles. The third-order valence-electron chi connectivity index (χ3n) is 5.61. The fourth-order valence-electron chi connectivity index (χ4n) is 5.30. The molecule has 1 saturated carbocycles. The van der Waals surface area contributed by atoms with Crippen LogP contribution < -0.4 is 4.90 Å². The van der Waals surface area contributed by atoms with Crippen molar-refractivity contribution >= 4 is 33.8 Å². The van der Waals surface area contributed by atoms with E-state index < -0.39 is 0 Å². The first-order valence-corrected chi connectivity index (χ1v) is 9.51. The van der Waals surface area contributed by atoms with E-state index in [9.17, 15) is 0 Å². The largest absolute Gasteiger partial charge is 0.315 e. The molecule has 0 amide bonds. The SMILES string of the molecule is CC1(C)C[C@@H]2C[C@@](C)(C[NH+]2Cn2c(=S)sc3ccccc32)C1. The van der Waals surface area contributed by atoms with E-state index in [0.717, 1.165) is 16.7 Å². The quantitative estimate of drug-likeness (QED) is 0.821. The molecule has 1 unspecified atom stereocenters. The first-order valence-electron chi connectivity index (χ1n) is 8.28.